The molecule has 0 atom stereocenters. The lowest BCUT2D eigenvalue weighted by atomic mass is 10.0. The van der Waals surface area contributed by atoms with Gasteiger partial charge in [-0.15, -0.1) is 0 Å². The molecular formula is C16H14N2O2. The molecular weight excluding hydrogens is 252 g/mol. The first kappa shape index (κ1) is 12.4. The van der Waals surface area contributed by atoms with E-state index in [1.54, 1.807) is 12.1 Å². The van der Waals surface area contributed by atoms with Gasteiger partial charge in [0.25, 0.3) is 0 Å². The highest BCUT2D eigenvalue weighted by Crippen LogP contribution is 2.25. The number of hydrogen-bond acceptors (Lipinski definition) is 2. The molecule has 0 aliphatic heterocycles. The van der Waals surface area contributed by atoms with E-state index < -0.39 is 5.97 Å². The highest BCUT2D eigenvalue weighted by atomic mass is 16.4. The number of benzene rings is 2. The van der Waals surface area contributed by atoms with Crippen molar-refractivity contribution in [1.82, 2.24) is 9.55 Å². The summed E-state index contributed by atoms with van der Waals surface area (Å²) < 4.78 is 2.05. The van der Waals surface area contributed by atoms with Gasteiger partial charge in [0, 0.05) is 7.05 Å². The molecule has 1 aromatic heterocycles. The predicted molar refractivity (Wildman–Crippen MR) is 77.8 cm³/mol. The number of rotatable bonds is 2. The maximum absolute atomic E-state index is 10.9. The number of carboxylic acids is 1. The zero-order valence-corrected chi connectivity index (χ0v) is 11.3. The summed E-state index contributed by atoms with van der Waals surface area (Å²) in [5.41, 5.74) is 4.39. The lowest BCUT2D eigenvalue weighted by Crippen LogP contribution is -1.95. The molecule has 0 bridgehead atoms. The molecule has 0 saturated heterocycles. The molecule has 0 aliphatic carbocycles. The molecule has 0 radical (unpaired) electrons. The number of carbonyl (C=O) groups is 1. The number of imidazole rings is 1. The number of hydrogen-bond donors (Lipinski definition) is 1. The van der Waals surface area contributed by atoms with Crippen LogP contribution in [0.5, 0.6) is 0 Å². The smallest absolute Gasteiger partial charge is 0.335 e. The molecule has 4 nitrogen and oxygen atoms in total. The summed E-state index contributed by atoms with van der Waals surface area (Å²) in [4.78, 5) is 15.3. The van der Waals surface area contributed by atoms with Crippen LogP contribution in [-0.4, -0.2) is 20.6 Å². The molecule has 0 amide bonds. The van der Waals surface area contributed by atoms with E-state index in [9.17, 15) is 4.79 Å². The minimum absolute atomic E-state index is 0.297. The Morgan fingerprint density at radius 1 is 1.10 bits per heavy atom. The fourth-order valence-electron chi connectivity index (χ4n) is 2.30. The Bertz CT molecular complexity index is 801. The van der Waals surface area contributed by atoms with Crippen molar-refractivity contribution in [3.8, 4) is 11.1 Å². The quantitative estimate of drug-likeness (QED) is 0.774. The second kappa shape index (κ2) is 4.49. The molecule has 20 heavy (non-hydrogen) atoms. The largest absolute Gasteiger partial charge is 0.478 e. The average molecular weight is 266 g/mol. The number of carboxylic acid groups (broad SMARTS) is 1. The number of nitrogens with zero attached hydrogens (tertiary/aromatic N) is 2. The summed E-state index contributed by atoms with van der Waals surface area (Å²) in [5, 5.41) is 8.92. The Balaban J connectivity index is 2.09. The molecule has 100 valence electrons. The Hall–Kier alpha value is -2.62. The maximum Gasteiger partial charge on any atom is 0.335 e. The first-order valence-electron chi connectivity index (χ1n) is 6.33. The Morgan fingerprint density at radius 2 is 1.75 bits per heavy atom. The van der Waals surface area contributed by atoms with Crippen molar-refractivity contribution in [2.24, 2.45) is 7.05 Å². The maximum atomic E-state index is 10.9. The van der Waals surface area contributed by atoms with E-state index in [4.69, 9.17) is 5.11 Å². The second-order valence-electron chi connectivity index (χ2n) is 4.80. The Kier molecular flexibility index (Phi) is 2.79. The van der Waals surface area contributed by atoms with Gasteiger partial charge in [0.2, 0.25) is 0 Å². The Labute approximate surface area is 116 Å². The average Bonchev–Trinajstić information content (AvgIpc) is 2.74. The number of aromatic nitrogens is 2. The van der Waals surface area contributed by atoms with Gasteiger partial charge in [0.05, 0.1) is 16.6 Å². The van der Waals surface area contributed by atoms with Gasteiger partial charge in [0.15, 0.2) is 0 Å². The van der Waals surface area contributed by atoms with Gasteiger partial charge in [-0.2, -0.15) is 0 Å². The van der Waals surface area contributed by atoms with E-state index in [0.717, 1.165) is 28.0 Å². The zero-order chi connectivity index (χ0) is 14.3. The van der Waals surface area contributed by atoms with Crippen molar-refractivity contribution in [1.29, 1.82) is 0 Å². The highest BCUT2D eigenvalue weighted by molar-refractivity contribution is 5.89. The van der Waals surface area contributed by atoms with E-state index in [1.807, 2.05) is 42.8 Å². The van der Waals surface area contributed by atoms with E-state index in [1.165, 1.54) is 0 Å². The van der Waals surface area contributed by atoms with Crippen LogP contribution >= 0.6 is 0 Å². The third-order valence-corrected chi connectivity index (χ3v) is 3.57. The Morgan fingerprint density at radius 3 is 2.40 bits per heavy atom. The molecule has 4 heteroatoms. The van der Waals surface area contributed by atoms with Crippen molar-refractivity contribution in [2.75, 3.05) is 0 Å². The number of aromatic carboxylic acids is 1. The standard InChI is InChI=1S/C16H14N2O2/c1-10-17-14-8-7-13(9-15(14)18(10)2)11-3-5-12(6-4-11)16(19)20/h3-9H,1-2H3,(H,19,20). The molecule has 1 N–H and O–H groups in total. The minimum atomic E-state index is -0.908. The molecule has 1 heterocycles. The third kappa shape index (κ3) is 1.95. The zero-order valence-electron chi connectivity index (χ0n) is 11.3. The summed E-state index contributed by atoms with van der Waals surface area (Å²) >= 11 is 0. The van der Waals surface area contributed by atoms with E-state index in [2.05, 4.69) is 11.1 Å². The van der Waals surface area contributed by atoms with Crippen LogP contribution in [0.3, 0.4) is 0 Å². The fourth-order valence-corrected chi connectivity index (χ4v) is 2.30. The summed E-state index contributed by atoms with van der Waals surface area (Å²) in [5.74, 6) is 0.0626. The van der Waals surface area contributed by atoms with Gasteiger partial charge in [-0.3, -0.25) is 0 Å². The van der Waals surface area contributed by atoms with Crippen LogP contribution in [0.15, 0.2) is 42.5 Å². The van der Waals surface area contributed by atoms with Gasteiger partial charge < -0.3 is 9.67 Å². The van der Waals surface area contributed by atoms with E-state index in [0.29, 0.717) is 5.56 Å². The van der Waals surface area contributed by atoms with Gasteiger partial charge in [-0.25, -0.2) is 9.78 Å². The molecule has 3 aromatic rings. The molecule has 0 aliphatic rings. The first-order chi connectivity index (χ1) is 9.56. The third-order valence-electron chi connectivity index (χ3n) is 3.57. The minimum Gasteiger partial charge on any atom is -0.478 e. The monoisotopic (exact) mass is 266 g/mol. The molecule has 0 fully saturated rings. The van der Waals surface area contributed by atoms with E-state index >= 15 is 0 Å². The van der Waals surface area contributed by atoms with Gasteiger partial charge in [-0.05, 0) is 42.3 Å². The predicted octanol–water partition coefficient (Wildman–Crippen LogP) is 3.25. The molecule has 0 unspecified atom stereocenters. The van der Waals surface area contributed by atoms with Crippen molar-refractivity contribution >= 4 is 17.0 Å². The van der Waals surface area contributed by atoms with Crippen LogP contribution in [0.1, 0.15) is 16.2 Å². The fraction of sp³-hybridized carbons (Fsp3) is 0.125. The molecule has 2 aromatic carbocycles. The lowest BCUT2D eigenvalue weighted by Gasteiger charge is -2.04. The van der Waals surface area contributed by atoms with Gasteiger partial charge >= 0.3 is 5.97 Å². The number of fused-ring (bicyclic) bond motifs is 1. The second-order valence-corrected chi connectivity index (χ2v) is 4.80. The molecule has 0 saturated carbocycles. The topological polar surface area (TPSA) is 55.1 Å². The lowest BCUT2D eigenvalue weighted by molar-refractivity contribution is 0.0697. The van der Waals surface area contributed by atoms with Crippen LogP contribution in [0.4, 0.5) is 0 Å². The molecule has 0 spiro atoms. The van der Waals surface area contributed by atoms with E-state index in [-0.39, 0.29) is 0 Å². The summed E-state index contributed by atoms with van der Waals surface area (Å²) in [6.45, 7) is 1.97. The SMILES string of the molecule is Cc1nc2ccc(-c3ccc(C(=O)O)cc3)cc2n1C. The number of aryl methyl sites for hydroxylation is 2. The van der Waals surface area contributed by atoms with Crippen LogP contribution < -0.4 is 0 Å². The van der Waals surface area contributed by atoms with Crippen molar-refractivity contribution in [2.45, 2.75) is 6.92 Å². The van der Waals surface area contributed by atoms with Crippen molar-refractivity contribution in [3.63, 3.8) is 0 Å². The van der Waals surface area contributed by atoms with Crippen molar-refractivity contribution in [3.05, 3.63) is 53.9 Å². The molecule has 3 rings (SSSR count). The van der Waals surface area contributed by atoms with Crippen LogP contribution in [0, 0.1) is 6.92 Å². The first-order valence-corrected chi connectivity index (χ1v) is 6.33. The summed E-state index contributed by atoms with van der Waals surface area (Å²) in [6, 6.07) is 13.0. The van der Waals surface area contributed by atoms with Gasteiger partial charge in [-0.1, -0.05) is 18.2 Å². The van der Waals surface area contributed by atoms with Crippen LogP contribution in [-0.2, 0) is 7.05 Å². The summed E-state index contributed by atoms with van der Waals surface area (Å²) in [6.07, 6.45) is 0. The highest BCUT2D eigenvalue weighted by Gasteiger charge is 2.07. The van der Waals surface area contributed by atoms with Gasteiger partial charge in [0.1, 0.15) is 5.82 Å². The van der Waals surface area contributed by atoms with Crippen LogP contribution in [0.25, 0.3) is 22.2 Å². The normalized spacial score (nSPS) is 10.9. The van der Waals surface area contributed by atoms with Crippen LogP contribution in [0.2, 0.25) is 0 Å². The van der Waals surface area contributed by atoms with Crippen molar-refractivity contribution < 1.29 is 9.90 Å². The summed E-state index contributed by atoms with van der Waals surface area (Å²) in [7, 11) is 1.99.